The fourth-order valence-corrected chi connectivity index (χ4v) is 5.40. The third kappa shape index (κ3) is 2.87. The zero-order chi connectivity index (χ0) is 19.7. The van der Waals surface area contributed by atoms with Crippen LogP contribution in [-0.2, 0) is 9.54 Å². The molecular weight excluding hydrogens is 370 g/mol. The summed E-state index contributed by atoms with van der Waals surface area (Å²) < 4.78 is 4.81. The van der Waals surface area contributed by atoms with E-state index in [-0.39, 0.29) is 0 Å². The second-order valence-corrected chi connectivity index (χ2v) is 7.99. The Kier molecular flexibility index (Phi) is 4.87. The third-order valence-electron chi connectivity index (χ3n) is 5.20. The van der Waals surface area contributed by atoms with Gasteiger partial charge >= 0.3 is 5.97 Å². The van der Waals surface area contributed by atoms with Gasteiger partial charge in [0.25, 0.3) is 0 Å². The lowest BCUT2D eigenvalue weighted by atomic mass is 9.88. The van der Waals surface area contributed by atoms with Crippen LogP contribution >= 0.6 is 11.8 Å². The van der Waals surface area contributed by atoms with Crippen LogP contribution in [0.2, 0.25) is 0 Å². The second-order valence-electron chi connectivity index (χ2n) is 6.76. The molecule has 142 valence electrons. The van der Waals surface area contributed by atoms with Crippen molar-refractivity contribution in [2.45, 2.75) is 10.8 Å². The van der Waals surface area contributed by atoms with E-state index >= 15 is 0 Å². The lowest BCUT2D eigenvalue weighted by molar-refractivity contribution is -0.137. The molecule has 3 aromatic rings. The van der Waals surface area contributed by atoms with E-state index in [0.717, 1.165) is 22.4 Å². The monoisotopic (exact) mass is 391 g/mol. The Balaban J connectivity index is 1.93. The topological polar surface area (TPSA) is 72.5 Å². The number of nitrogens with two attached hydrogens (primary N) is 1. The Morgan fingerprint density at radius 3 is 2.04 bits per heavy atom. The largest absolute Gasteiger partial charge is 0.497 e. The summed E-state index contributed by atoms with van der Waals surface area (Å²) in [5, 5.41) is 9.31. The molecule has 0 spiro atoms. The molecule has 0 radical (unpaired) electrons. The molecule has 1 aliphatic carbocycles. The SMILES string of the molecule is COc1ccc(C2(SC[C@H](N)C(=O)O)c3ccccc3-c3ccccc32)cc1. The number of fused-ring (bicyclic) bond motifs is 3. The highest BCUT2D eigenvalue weighted by atomic mass is 32.2. The summed E-state index contributed by atoms with van der Waals surface area (Å²) in [6.07, 6.45) is 0. The van der Waals surface area contributed by atoms with Crippen LogP contribution < -0.4 is 10.5 Å². The quantitative estimate of drug-likeness (QED) is 0.661. The maximum Gasteiger partial charge on any atom is 0.321 e. The number of benzene rings is 3. The number of methoxy groups -OCH3 is 1. The summed E-state index contributed by atoms with van der Waals surface area (Å²) in [6, 6.07) is 23.7. The fraction of sp³-hybridized carbons (Fsp3) is 0.174. The molecule has 0 bridgehead atoms. The molecular formula is C23H21NO3S. The van der Waals surface area contributed by atoms with E-state index < -0.39 is 16.8 Å². The molecule has 0 aromatic heterocycles. The molecule has 4 nitrogen and oxygen atoms in total. The summed E-state index contributed by atoms with van der Waals surface area (Å²) >= 11 is 1.57. The highest BCUT2D eigenvalue weighted by molar-refractivity contribution is 8.00. The van der Waals surface area contributed by atoms with E-state index in [4.69, 9.17) is 10.5 Å². The minimum atomic E-state index is -0.989. The number of hydrogen-bond donors (Lipinski definition) is 2. The van der Waals surface area contributed by atoms with Gasteiger partial charge in [0.2, 0.25) is 0 Å². The van der Waals surface area contributed by atoms with Crippen molar-refractivity contribution in [2.24, 2.45) is 5.73 Å². The van der Waals surface area contributed by atoms with E-state index in [0.29, 0.717) is 5.75 Å². The zero-order valence-corrected chi connectivity index (χ0v) is 16.3. The van der Waals surface area contributed by atoms with Crippen LogP contribution in [-0.4, -0.2) is 30.0 Å². The Labute approximate surface area is 168 Å². The number of aliphatic carboxylic acids is 1. The number of thioether (sulfide) groups is 1. The standard InChI is InChI=1S/C23H21NO3S/c1-27-16-12-10-15(11-13-16)23(28-14-21(24)22(25)26)19-8-4-2-6-17(19)18-7-3-5-9-20(18)23/h2-13,21H,14,24H2,1H3,(H,25,26)/t21-/m0/s1. The van der Waals surface area contributed by atoms with E-state index in [2.05, 4.69) is 36.4 Å². The van der Waals surface area contributed by atoms with Crippen LogP contribution in [0.4, 0.5) is 0 Å². The smallest absolute Gasteiger partial charge is 0.321 e. The second kappa shape index (κ2) is 7.34. The number of hydrogen-bond acceptors (Lipinski definition) is 4. The van der Waals surface area contributed by atoms with Crippen molar-refractivity contribution in [3.8, 4) is 16.9 Å². The minimum absolute atomic E-state index is 0.296. The van der Waals surface area contributed by atoms with Crippen LogP contribution in [0.3, 0.4) is 0 Å². The van der Waals surface area contributed by atoms with E-state index in [1.807, 2.05) is 36.4 Å². The van der Waals surface area contributed by atoms with Crippen molar-refractivity contribution in [3.05, 3.63) is 89.5 Å². The van der Waals surface area contributed by atoms with Crippen LogP contribution in [0.15, 0.2) is 72.8 Å². The van der Waals surface area contributed by atoms with Gasteiger partial charge in [-0.05, 0) is 39.9 Å². The Morgan fingerprint density at radius 2 is 1.54 bits per heavy atom. The van der Waals surface area contributed by atoms with E-state index in [1.54, 1.807) is 18.9 Å². The predicted molar refractivity (Wildman–Crippen MR) is 113 cm³/mol. The molecule has 0 heterocycles. The average molecular weight is 391 g/mol. The summed E-state index contributed by atoms with van der Waals surface area (Å²) in [5.41, 5.74) is 11.6. The van der Waals surface area contributed by atoms with Crippen LogP contribution in [0, 0.1) is 0 Å². The molecule has 28 heavy (non-hydrogen) atoms. The van der Waals surface area contributed by atoms with Gasteiger partial charge < -0.3 is 15.6 Å². The first-order valence-electron chi connectivity index (χ1n) is 9.04. The van der Waals surface area contributed by atoms with Crippen molar-refractivity contribution in [1.29, 1.82) is 0 Å². The van der Waals surface area contributed by atoms with Gasteiger partial charge in [-0.1, -0.05) is 60.7 Å². The van der Waals surface area contributed by atoms with Gasteiger partial charge in [-0.25, -0.2) is 0 Å². The molecule has 5 heteroatoms. The van der Waals surface area contributed by atoms with E-state index in [1.165, 1.54) is 11.1 Å². The van der Waals surface area contributed by atoms with Gasteiger partial charge in [-0.3, -0.25) is 4.79 Å². The van der Waals surface area contributed by atoms with Gasteiger partial charge in [-0.15, -0.1) is 11.8 Å². The highest BCUT2D eigenvalue weighted by Crippen LogP contribution is 2.58. The molecule has 4 rings (SSSR count). The van der Waals surface area contributed by atoms with Crippen molar-refractivity contribution in [2.75, 3.05) is 12.9 Å². The molecule has 0 aliphatic heterocycles. The molecule has 3 aromatic carbocycles. The van der Waals surface area contributed by atoms with Crippen LogP contribution in [0.5, 0.6) is 5.75 Å². The summed E-state index contributed by atoms with van der Waals surface area (Å²) in [5.74, 6) is 0.0898. The summed E-state index contributed by atoms with van der Waals surface area (Å²) in [6.45, 7) is 0. The van der Waals surface area contributed by atoms with Crippen molar-refractivity contribution >= 4 is 17.7 Å². The molecule has 0 amide bonds. The van der Waals surface area contributed by atoms with Crippen LogP contribution in [0.25, 0.3) is 11.1 Å². The normalized spacial score (nSPS) is 14.8. The lowest BCUT2D eigenvalue weighted by Gasteiger charge is -2.33. The summed E-state index contributed by atoms with van der Waals surface area (Å²) in [4.78, 5) is 11.4. The molecule has 0 saturated heterocycles. The van der Waals surface area contributed by atoms with Crippen LogP contribution in [0.1, 0.15) is 16.7 Å². The number of carboxylic acids is 1. The lowest BCUT2D eigenvalue weighted by Crippen LogP contribution is -2.35. The number of carboxylic acid groups (broad SMARTS) is 1. The molecule has 0 fully saturated rings. The molecule has 1 atom stereocenters. The Bertz CT molecular complexity index is 971. The third-order valence-corrected chi connectivity index (χ3v) is 6.83. The predicted octanol–water partition coefficient (Wildman–Crippen LogP) is 4.11. The highest BCUT2D eigenvalue weighted by Gasteiger charge is 2.45. The van der Waals surface area contributed by atoms with Gasteiger partial charge in [0, 0.05) is 5.75 Å². The van der Waals surface area contributed by atoms with Gasteiger partial charge in [-0.2, -0.15) is 0 Å². The molecule has 3 N–H and O–H groups in total. The minimum Gasteiger partial charge on any atom is -0.497 e. The van der Waals surface area contributed by atoms with Crippen molar-refractivity contribution in [3.63, 3.8) is 0 Å². The molecule has 1 aliphatic rings. The first kappa shape index (κ1) is 18.6. The van der Waals surface area contributed by atoms with Crippen molar-refractivity contribution in [1.82, 2.24) is 0 Å². The Morgan fingerprint density at radius 1 is 1.00 bits per heavy atom. The number of rotatable bonds is 6. The average Bonchev–Trinajstić information content (AvgIpc) is 3.03. The number of carbonyl (C=O) groups is 1. The van der Waals surface area contributed by atoms with Gasteiger partial charge in [0.15, 0.2) is 0 Å². The summed E-state index contributed by atoms with van der Waals surface area (Å²) in [7, 11) is 1.64. The first-order chi connectivity index (χ1) is 13.6. The number of ether oxygens (including phenoxy) is 1. The zero-order valence-electron chi connectivity index (χ0n) is 15.5. The fourth-order valence-electron chi connectivity index (χ4n) is 3.86. The molecule has 0 saturated carbocycles. The van der Waals surface area contributed by atoms with E-state index in [9.17, 15) is 9.90 Å². The maximum atomic E-state index is 11.4. The van der Waals surface area contributed by atoms with Gasteiger partial charge in [0.05, 0.1) is 11.9 Å². The molecule has 0 unspecified atom stereocenters. The maximum absolute atomic E-state index is 11.4. The first-order valence-corrected chi connectivity index (χ1v) is 10.0. The Hall–Kier alpha value is -2.76. The van der Waals surface area contributed by atoms with Gasteiger partial charge in [0.1, 0.15) is 11.8 Å². The van der Waals surface area contributed by atoms with Crippen molar-refractivity contribution < 1.29 is 14.6 Å².